The highest BCUT2D eigenvalue weighted by molar-refractivity contribution is 6.40. The van der Waals surface area contributed by atoms with Crippen molar-refractivity contribution in [1.29, 1.82) is 0 Å². The number of carbonyl (C=O) groups is 2. The van der Waals surface area contributed by atoms with Gasteiger partial charge in [0.25, 0.3) is 5.91 Å². The van der Waals surface area contributed by atoms with Crippen LogP contribution in [-0.4, -0.2) is 37.7 Å². The van der Waals surface area contributed by atoms with Gasteiger partial charge in [-0.25, -0.2) is 4.98 Å². The molecule has 1 aliphatic heterocycles. The van der Waals surface area contributed by atoms with Crippen molar-refractivity contribution in [3.8, 4) is 0 Å². The summed E-state index contributed by atoms with van der Waals surface area (Å²) in [6.45, 7) is 3.31. The van der Waals surface area contributed by atoms with Gasteiger partial charge in [-0.15, -0.1) is 0 Å². The number of rotatable bonds is 6. The fraction of sp³-hybridized carbons (Fsp3) is 0.240. The molecule has 0 aliphatic carbocycles. The number of imidazole rings is 1. The molecule has 1 aliphatic rings. The summed E-state index contributed by atoms with van der Waals surface area (Å²) in [7, 11) is 0. The summed E-state index contributed by atoms with van der Waals surface area (Å²) in [4.78, 5) is 35.5. The first-order valence-corrected chi connectivity index (χ1v) is 10.6. The zero-order valence-electron chi connectivity index (χ0n) is 17.4. The Morgan fingerprint density at radius 1 is 1.06 bits per heavy atom. The largest absolute Gasteiger partial charge is 0.361 e. The van der Waals surface area contributed by atoms with E-state index in [4.69, 9.17) is 0 Å². The second-order valence-electron chi connectivity index (χ2n) is 8.14. The van der Waals surface area contributed by atoms with Crippen molar-refractivity contribution in [2.75, 3.05) is 6.54 Å². The third-order valence-corrected chi connectivity index (χ3v) is 6.13. The average Bonchev–Trinajstić information content (AvgIpc) is 3.49. The minimum Gasteiger partial charge on any atom is -0.361 e. The fourth-order valence-electron chi connectivity index (χ4n) is 4.66. The first-order valence-electron chi connectivity index (χ1n) is 10.6. The van der Waals surface area contributed by atoms with Crippen molar-refractivity contribution in [2.45, 2.75) is 31.8 Å². The first-order chi connectivity index (χ1) is 15.1. The molecule has 6 heteroatoms. The molecule has 2 aromatic heterocycles. The Morgan fingerprint density at radius 2 is 1.90 bits per heavy atom. The van der Waals surface area contributed by atoms with Crippen molar-refractivity contribution >= 4 is 22.6 Å². The lowest BCUT2D eigenvalue weighted by atomic mass is 9.86. The number of nitrogens with zero attached hydrogens (tertiary/aromatic N) is 3. The Balaban J connectivity index is 1.55. The van der Waals surface area contributed by atoms with Gasteiger partial charge in [0, 0.05) is 48.1 Å². The molecule has 1 saturated heterocycles. The number of likely N-dealkylation sites (tertiary alicyclic amines) is 1. The maximum absolute atomic E-state index is 13.2. The van der Waals surface area contributed by atoms with E-state index in [1.165, 1.54) is 0 Å². The van der Waals surface area contributed by atoms with Gasteiger partial charge in [0.1, 0.15) is 0 Å². The molecule has 3 heterocycles. The fourth-order valence-corrected chi connectivity index (χ4v) is 4.66. The van der Waals surface area contributed by atoms with Crippen molar-refractivity contribution < 1.29 is 9.59 Å². The van der Waals surface area contributed by atoms with E-state index in [0.29, 0.717) is 6.54 Å². The van der Waals surface area contributed by atoms with Gasteiger partial charge in [-0.3, -0.25) is 9.59 Å². The molecule has 0 saturated carbocycles. The van der Waals surface area contributed by atoms with Crippen LogP contribution in [0.1, 0.15) is 35.1 Å². The quantitative estimate of drug-likeness (QED) is 0.487. The Kier molecular flexibility index (Phi) is 4.90. The Morgan fingerprint density at radius 3 is 2.68 bits per heavy atom. The summed E-state index contributed by atoms with van der Waals surface area (Å²) >= 11 is 0. The van der Waals surface area contributed by atoms with Crippen LogP contribution in [0.4, 0.5) is 0 Å². The molecule has 31 heavy (non-hydrogen) atoms. The molecule has 2 aromatic carbocycles. The molecular weight excluding hydrogens is 388 g/mol. The van der Waals surface area contributed by atoms with Crippen LogP contribution in [-0.2, 0) is 16.1 Å². The number of hydrogen-bond acceptors (Lipinski definition) is 3. The Hall–Kier alpha value is -3.67. The molecule has 0 radical (unpaired) electrons. The van der Waals surface area contributed by atoms with E-state index in [1.54, 1.807) is 17.4 Å². The van der Waals surface area contributed by atoms with Crippen LogP contribution in [0, 0.1) is 6.92 Å². The third-order valence-electron chi connectivity index (χ3n) is 6.13. The number of fused-ring (bicyclic) bond motifs is 1. The number of aryl methyl sites for hydroxylation is 2. The summed E-state index contributed by atoms with van der Waals surface area (Å²) in [5.41, 5.74) is 4.05. The van der Waals surface area contributed by atoms with Crippen molar-refractivity contribution in [1.82, 2.24) is 19.4 Å². The number of hydrogen-bond donors (Lipinski definition) is 1. The van der Waals surface area contributed by atoms with Gasteiger partial charge in [0.2, 0.25) is 5.78 Å². The third kappa shape index (κ3) is 3.44. The lowest BCUT2D eigenvalue weighted by Crippen LogP contribution is -2.31. The Labute approximate surface area is 180 Å². The minimum atomic E-state index is -0.512. The predicted octanol–water partition coefficient (Wildman–Crippen LogP) is 4.00. The van der Waals surface area contributed by atoms with Crippen LogP contribution in [0.25, 0.3) is 10.9 Å². The average molecular weight is 412 g/mol. The second kappa shape index (κ2) is 7.87. The van der Waals surface area contributed by atoms with E-state index >= 15 is 0 Å². The summed E-state index contributed by atoms with van der Waals surface area (Å²) in [6, 6.07) is 15.6. The summed E-state index contributed by atoms with van der Waals surface area (Å²) in [5, 5.41) is 1.05. The summed E-state index contributed by atoms with van der Waals surface area (Å²) in [6.07, 6.45) is 8.12. The maximum Gasteiger partial charge on any atom is 0.291 e. The van der Waals surface area contributed by atoms with Crippen molar-refractivity contribution in [3.63, 3.8) is 0 Å². The number of ketones is 1. The maximum atomic E-state index is 13.2. The van der Waals surface area contributed by atoms with Crippen molar-refractivity contribution in [3.05, 3.63) is 90.1 Å². The van der Waals surface area contributed by atoms with Gasteiger partial charge in [0.05, 0.1) is 18.3 Å². The molecule has 0 spiro atoms. The Bertz CT molecular complexity index is 1230. The molecule has 5 rings (SSSR count). The summed E-state index contributed by atoms with van der Waals surface area (Å²) in [5.74, 6) is -1.24. The topological polar surface area (TPSA) is 71.0 Å². The highest BCUT2D eigenvalue weighted by Crippen LogP contribution is 2.44. The summed E-state index contributed by atoms with van der Waals surface area (Å²) < 4.78 is 1.99. The van der Waals surface area contributed by atoms with Gasteiger partial charge >= 0.3 is 0 Å². The molecule has 1 N–H and O–H groups in total. The predicted molar refractivity (Wildman–Crippen MR) is 119 cm³/mol. The number of nitrogens with one attached hydrogen (secondary N) is 1. The number of aromatic nitrogens is 3. The molecule has 4 aromatic rings. The molecule has 0 bridgehead atoms. The number of Topliss-reactive ketones (excluding diaryl/α,β-unsaturated/α-hetero) is 1. The van der Waals surface area contributed by atoms with Crippen molar-refractivity contribution in [2.24, 2.45) is 0 Å². The zero-order chi connectivity index (χ0) is 21.4. The van der Waals surface area contributed by atoms with E-state index in [9.17, 15) is 9.59 Å². The van der Waals surface area contributed by atoms with Crippen LogP contribution in [0.5, 0.6) is 0 Å². The van der Waals surface area contributed by atoms with Crippen LogP contribution in [0.15, 0.2) is 73.4 Å². The van der Waals surface area contributed by atoms with Gasteiger partial charge in [-0.05, 0) is 30.5 Å². The van der Waals surface area contributed by atoms with Gasteiger partial charge in [-0.1, -0.05) is 42.5 Å². The molecule has 6 nitrogen and oxygen atoms in total. The lowest BCUT2D eigenvalue weighted by Gasteiger charge is -2.27. The number of benzene rings is 2. The monoisotopic (exact) mass is 412 g/mol. The number of aromatic amines is 1. The van der Waals surface area contributed by atoms with E-state index in [0.717, 1.165) is 40.6 Å². The van der Waals surface area contributed by atoms with Crippen LogP contribution in [0.2, 0.25) is 0 Å². The minimum absolute atomic E-state index is 0.332. The highest BCUT2D eigenvalue weighted by atomic mass is 16.2. The van der Waals surface area contributed by atoms with Crippen LogP contribution in [0.3, 0.4) is 0 Å². The smallest absolute Gasteiger partial charge is 0.291 e. The van der Waals surface area contributed by atoms with E-state index in [2.05, 4.69) is 35.1 Å². The van der Waals surface area contributed by atoms with Gasteiger partial charge in [0.15, 0.2) is 0 Å². The second-order valence-corrected chi connectivity index (χ2v) is 8.14. The standard InChI is InChI=1S/C25H24N4O2/c1-17-8-9-19-20(15-27-21(19)14-17)23-22(18-6-3-2-4-7-18)24(30)25(31)29(23)12-5-11-28-13-10-26-16-28/h2-4,6-10,13-16,22-23,27H,5,11-12H2,1H3. The SMILES string of the molecule is Cc1ccc2c(C3C(c4ccccc4)C(=O)C(=O)N3CCCn3ccnc3)c[nH]c2c1. The molecule has 156 valence electrons. The number of carbonyl (C=O) groups excluding carboxylic acids is 2. The first kappa shape index (κ1) is 19.3. The van der Waals surface area contributed by atoms with E-state index < -0.39 is 11.8 Å². The molecule has 1 fully saturated rings. The van der Waals surface area contributed by atoms with Gasteiger partial charge in [-0.2, -0.15) is 0 Å². The number of H-pyrrole nitrogens is 1. The zero-order valence-corrected chi connectivity index (χ0v) is 17.4. The molecule has 2 atom stereocenters. The van der Waals surface area contributed by atoms with Crippen LogP contribution < -0.4 is 0 Å². The molecule has 1 amide bonds. The van der Waals surface area contributed by atoms with Gasteiger partial charge < -0.3 is 14.5 Å². The highest BCUT2D eigenvalue weighted by Gasteiger charge is 2.49. The van der Waals surface area contributed by atoms with Crippen LogP contribution >= 0.6 is 0 Å². The molecule has 2 unspecified atom stereocenters. The molecular formula is C25H24N4O2. The lowest BCUT2D eigenvalue weighted by molar-refractivity contribution is -0.140. The van der Waals surface area contributed by atoms with E-state index in [1.807, 2.05) is 47.3 Å². The normalized spacial score (nSPS) is 18.9. The van der Waals surface area contributed by atoms with E-state index in [-0.39, 0.29) is 11.8 Å². The number of amides is 1.